The van der Waals surface area contributed by atoms with Gasteiger partial charge in [0.25, 0.3) is 0 Å². The van der Waals surface area contributed by atoms with Gasteiger partial charge in [0, 0.05) is 16.7 Å². The van der Waals surface area contributed by atoms with Gasteiger partial charge in [-0.25, -0.2) is 4.98 Å². The van der Waals surface area contributed by atoms with Crippen LogP contribution in [0.25, 0.3) is 22.1 Å². The number of para-hydroxylation sites is 1. The van der Waals surface area contributed by atoms with E-state index in [0.717, 1.165) is 27.8 Å². The number of fused-ring (bicyclic) bond motifs is 3. The number of nitrogens with zero attached hydrogens (tertiary/aromatic N) is 3. The Kier molecular flexibility index (Phi) is 9.17. The molecule has 2 heterocycles. The maximum atomic E-state index is 4.67. The van der Waals surface area contributed by atoms with Crippen molar-refractivity contribution in [2.45, 2.75) is 88.5 Å². The van der Waals surface area contributed by atoms with Crippen molar-refractivity contribution in [1.82, 2.24) is 20.2 Å². The van der Waals surface area contributed by atoms with E-state index < -0.39 is 0 Å². The maximum Gasteiger partial charge on any atom is 0.211 e. The van der Waals surface area contributed by atoms with E-state index in [1.807, 2.05) is 18.2 Å². The lowest BCUT2D eigenvalue weighted by molar-refractivity contribution is 0.556. The first-order valence-electron chi connectivity index (χ1n) is 12.7. The highest BCUT2D eigenvalue weighted by atomic mass is 32.2. The van der Waals surface area contributed by atoms with Gasteiger partial charge in [0.15, 0.2) is 5.65 Å². The predicted octanol–water partition coefficient (Wildman–Crippen LogP) is 8.26. The number of thioether (sulfide) groups is 1. The van der Waals surface area contributed by atoms with E-state index in [4.69, 9.17) is 0 Å². The lowest BCUT2D eigenvalue weighted by Crippen LogP contribution is -1.92. The van der Waals surface area contributed by atoms with Gasteiger partial charge in [-0.05, 0) is 30.0 Å². The molecule has 0 aliphatic rings. The van der Waals surface area contributed by atoms with Crippen LogP contribution in [0.1, 0.15) is 82.3 Å². The van der Waals surface area contributed by atoms with Crippen LogP contribution in [0.5, 0.6) is 0 Å². The van der Waals surface area contributed by atoms with Crippen LogP contribution in [0, 0.1) is 0 Å². The molecule has 0 atom stereocenters. The van der Waals surface area contributed by atoms with Gasteiger partial charge in [0.2, 0.25) is 5.16 Å². The number of unbranched alkanes of at least 4 members (excludes halogenated alkanes) is 9. The number of aromatic nitrogens is 4. The first-order chi connectivity index (χ1) is 16.3. The minimum atomic E-state index is 0.712. The van der Waals surface area contributed by atoms with Crippen molar-refractivity contribution < 1.29 is 0 Å². The van der Waals surface area contributed by atoms with Crippen molar-refractivity contribution in [3.05, 3.63) is 59.7 Å². The van der Waals surface area contributed by atoms with E-state index in [1.54, 1.807) is 11.8 Å². The number of hydrogen-bond donors (Lipinski definition) is 1. The van der Waals surface area contributed by atoms with Crippen LogP contribution in [-0.2, 0) is 12.2 Å². The van der Waals surface area contributed by atoms with E-state index in [0.29, 0.717) is 5.16 Å². The minimum absolute atomic E-state index is 0.712. The first kappa shape index (κ1) is 23.7. The van der Waals surface area contributed by atoms with Gasteiger partial charge < -0.3 is 4.98 Å². The van der Waals surface area contributed by atoms with Crippen LogP contribution in [0.4, 0.5) is 0 Å². The van der Waals surface area contributed by atoms with E-state index in [1.165, 1.54) is 81.8 Å². The van der Waals surface area contributed by atoms with Gasteiger partial charge in [-0.15, -0.1) is 10.2 Å². The van der Waals surface area contributed by atoms with Crippen LogP contribution in [-0.4, -0.2) is 20.2 Å². The molecule has 0 aliphatic heterocycles. The van der Waals surface area contributed by atoms with Gasteiger partial charge in [-0.3, -0.25) is 0 Å². The van der Waals surface area contributed by atoms with Crippen molar-refractivity contribution >= 4 is 33.8 Å². The van der Waals surface area contributed by atoms with Crippen LogP contribution in [0.3, 0.4) is 0 Å². The monoisotopic (exact) mass is 460 g/mol. The molecule has 0 bridgehead atoms. The normalized spacial score (nSPS) is 11.5. The third-order valence-electron chi connectivity index (χ3n) is 6.31. The Labute approximate surface area is 202 Å². The number of benzene rings is 2. The first-order valence-corrected chi connectivity index (χ1v) is 13.6. The molecule has 4 nitrogen and oxygen atoms in total. The molecular formula is C28H36N4S. The molecule has 0 unspecified atom stereocenters. The van der Waals surface area contributed by atoms with E-state index in [9.17, 15) is 0 Å². The third kappa shape index (κ3) is 7.04. The summed E-state index contributed by atoms with van der Waals surface area (Å²) in [6.07, 6.45) is 15.1. The molecule has 5 heteroatoms. The molecule has 0 saturated heterocycles. The Balaban J connectivity index is 1.16. The molecule has 2 aromatic heterocycles. The zero-order valence-electron chi connectivity index (χ0n) is 19.9. The summed E-state index contributed by atoms with van der Waals surface area (Å²) in [4.78, 5) is 8.01. The van der Waals surface area contributed by atoms with Gasteiger partial charge in [0.05, 0.1) is 0 Å². The highest BCUT2D eigenvalue weighted by molar-refractivity contribution is 7.98. The molecular weight excluding hydrogens is 424 g/mol. The van der Waals surface area contributed by atoms with Gasteiger partial charge in [-0.2, -0.15) is 0 Å². The molecule has 4 rings (SSSR count). The summed E-state index contributed by atoms with van der Waals surface area (Å²) in [5.41, 5.74) is 5.44. The Morgan fingerprint density at radius 3 is 2.15 bits per heavy atom. The molecule has 0 spiro atoms. The number of hydrogen-bond acceptors (Lipinski definition) is 4. The number of nitrogens with one attached hydrogen (secondary N) is 1. The molecule has 4 aromatic rings. The molecule has 0 saturated carbocycles. The average molecular weight is 461 g/mol. The van der Waals surface area contributed by atoms with Crippen molar-refractivity contribution in [2.24, 2.45) is 0 Å². The summed E-state index contributed by atoms with van der Waals surface area (Å²) in [6, 6.07) is 17.2. The Morgan fingerprint density at radius 1 is 0.727 bits per heavy atom. The molecule has 33 heavy (non-hydrogen) atoms. The zero-order valence-corrected chi connectivity index (χ0v) is 20.7. The molecule has 0 amide bonds. The smallest absolute Gasteiger partial charge is 0.211 e. The Bertz CT molecular complexity index is 1120. The SMILES string of the molecule is CCCCCCCCCCCCc1ccc(CSc2nnc3c(n2)[nH]c2ccccc23)cc1. The lowest BCUT2D eigenvalue weighted by atomic mass is 10.0. The van der Waals surface area contributed by atoms with Crippen LogP contribution < -0.4 is 0 Å². The second-order valence-electron chi connectivity index (χ2n) is 9.00. The number of H-pyrrole nitrogens is 1. The third-order valence-corrected chi connectivity index (χ3v) is 7.22. The molecule has 174 valence electrons. The number of rotatable bonds is 14. The summed E-state index contributed by atoms with van der Waals surface area (Å²) in [5.74, 6) is 0.853. The summed E-state index contributed by atoms with van der Waals surface area (Å²) in [6.45, 7) is 2.28. The Hall–Kier alpha value is -2.40. The fourth-order valence-electron chi connectivity index (χ4n) is 4.33. The molecule has 0 aliphatic carbocycles. The quantitative estimate of drug-likeness (QED) is 0.152. The van der Waals surface area contributed by atoms with Crippen LogP contribution in [0.2, 0.25) is 0 Å². The largest absolute Gasteiger partial charge is 0.338 e. The van der Waals surface area contributed by atoms with Crippen molar-refractivity contribution in [3.8, 4) is 0 Å². The van der Waals surface area contributed by atoms with Crippen molar-refractivity contribution in [1.29, 1.82) is 0 Å². The van der Waals surface area contributed by atoms with Gasteiger partial charge in [-0.1, -0.05) is 119 Å². The van der Waals surface area contributed by atoms with E-state index in [-0.39, 0.29) is 0 Å². The summed E-state index contributed by atoms with van der Waals surface area (Å²) < 4.78 is 0. The second kappa shape index (κ2) is 12.7. The highest BCUT2D eigenvalue weighted by Crippen LogP contribution is 2.25. The molecule has 0 fully saturated rings. The summed E-state index contributed by atoms with van der Waals surface area (Å²) in [7, 11) is 0. The fourth-order valence-corrected chi connectivity index (χ4v) is 5.08. The Morgan fingerprint density at radius 2 is 1.39 bits per heavy atom. The highest BCUT2D eigenvalue weighted by Gasteiger charge is 2.09. The minimum Gasteiger partial charge on any atom is -0.338 e. The number of aromatic amines is 1. The summed E-state index contributed by atoms with van der Waals surface area (Å²) >= 11 is 1.63. The number of aryl methyl sites for hydroxylation is 1. The topological polar surface area (TPSA) is 54.5 Å². The lowest BCUT2D eigenvalue weighted by Gasteiger charge is -2.05. The van der Waals surface area contributed by atoms with E-state index in [2.05, 4.69) is 57.4 Å². The fraction of sp³-hybridized carbons (Fsp3) is 0.464. The summed E-state index contributed by atoms with van der Waals surface area (Å²) in [5, 5.41) is 10.5. The molecule has 1 N–H and O–H groups in total. The van der Waals surface area contributed by atoms with E-state index >= 15 is 0 Å². The molecule has 0 radical (unpaired) electrons. The maximum absolute atomic E-state index is 4.67. The van der Waals surface area contributed by atoms with Crippen molar-refractivity contribution in [3.63, 3.8) is 0 Å². The van der Waals surface area contributed by atoms with Crippen LogP contribution >= 0.6 is 11.8 Å². The standard InChI is InChI=1S/C28H36N4S/c1-2-3-4-5-6-7-8-9-10-11-14-22-17-19-23(20-18-22)21-33-28-30-27-26(31-32-28)24-15-12-13-16-25(24)29-27/h12-13,15-20H,2-11,14,21H2,1H3,(H,29,30,32). The predicted molar refractivity (Wildman–Crippen MR) is 141 cm³/mol. The molecule has 2 aromatic carbocycles. The average Bonchev–Trinajstić information content (AvgIpc) is 3.22. The van der Waals surface area contributed by atoms with Gasteiger partial charge in [0.1, 0.15) is 5.52 Å². The van der Waals surface area contributed by atoms with Crippen molar-refractivity contribution in [2.75, 3.05) is 0 Å². The zero-order chi connectivity index (χ0) is 22.7. The van der Waals surface area contributed by atoms with Gasteiger partial charge >= 0.3 is 0 Å². The second-order valence-corrected chi connectivity index (χ2v) is 9.94. The van der Waals surface area contributed by atoms with Crippen LogP contribution in [0.15, 0.2) is 53.7 Å².